The van der Waals surface area contributed by atoms with Gasteiger partial charge < -0.3 is 10.1 Å². The van der Waals surface area contributed by atoms with E-state index >= 15 is 0 Å². The molecule has 1 atom stereocenters. The van der Waals surface area contributed by atoms with Gasteiger partial charge in [-0.25, -0.2) is 0 Å². The van der Waals surface area contributed by atoms with Crippen LogP contribution in [0.1, 0.15) is 32.3 Å². The van der Waals surface area contributed by atoms with Gasteiger partial charge in [0.1, 0.15) is 5.75 Å². The molecule has 7 heteroatoms. The number of hydrogen-bond acceptors (Lipinski definition) is 5. The maximum Gasteiger partial charge on any atom is 0.263 e. The smallest absolute Gasteiger partial charge is 0.263 e. The van der Waals surface area contributed by atoms with Crippen molar-refractivity contribution in [3.8, 4) is 5.75 Å². The molecule has 0 saturated carbocycles. The summed E-state index contributed by atoms with van der Waals surface area (Å²) in [5, 5.41) is 6.42. The molecular formula is C31H32N4O3. The fourth-order valence-electron chi connectivity index (χ4n) is 6.09. The molecule has 4 heterocycles. The van der Waals surface area contributed by atoms with E-state index in [0.29, 0.717) is 30.1 Å². The predicted molar refractivity (Wildman–Crippen MR) is 152 cm³/mol. The molecular weight excluding hydrogens is 476 g/mol. The molecule has 1 fully saturated rings. The molecule has 1 unspecified atom stereocenters. The molecule has 0 aliphatic carbocycles. The number of benzene rings is 2. The Morgan fingerprint density at radius 1 is 1.16 bits per heavy atom. The van der Waals surface area contributed by atoms with Crippen LogP contribution in [0.5, 0.6) is 5.75 Å². The Morgan fingerprint density at radius 2 is 1.97 bits per heavy atom. The van der Waals surface area contributed by atoms with Crippen LogP contribution in [0.25, 0.3) is 38.1 Å². The number of ether oxygens (including phenoxy) is 1. The van der Waals surface area contributed by atoms with Crippen LogP contribution in [0.3, 0.4) is 0 Å². The van der Waals surface area contributed by atoms with Gasteiger partial charge >= 0.3 is 0 Å². The highest BCUT2D eigenvalue weighted by atomic mass is 16.5. The normalized spacial score (nSPS) is 16.2. The minimum absolute atomic E-state index is 0.0661. The Kier molecular flexibility index (Phi) is 6.24. The lowest BCUT2D eigenvalue weighted by Gasteiger charge is -2.23. The van der Waals surface area contributed by atoms with Crippen LogP contribution in [-0.2, 0) is 11.2 Å². The number of hydrogen-bond donors (Lipinski definition) is 1. The number of carbonyl (C=O) groups is 1. The van der Waals surface area contributed by atoms with Gasteiger partial charge in [-0.05, 0) is 63.5 Å². The number of aromatic nitrogens is 2. The number of amides is 1. The van der Waals surface area contributed by atoms with Crippen molar-refractivity contribution >= 4 is 44.0 Å². The zero-order valence-corrected chi connectivity index (χ0v) is 21.9. The molecule has 194 valence electrons. The largest absolute Gasteiger partial charge is 0.483 e. The van der Waals surface area contributed by atoms with Gasteiger partial charge in [0.25, 0.3) is 11.5 Å². The molecule has 3 aromatic heterocycles. The molecule has 1 aliphatic rings. The van der Waals surface area contributed by atoms with E-state index in [0.717, 1.165) is 63.4 Å². The quantitative estimate of drug-likeness (QED) is 0.243. The second-order valence-electron chi connectivity index (χ2n) is 10.3. The molecule has 6 rings (SSSR count). The van der Waals surface area contributed by atoms with Crippen LogP contribution in [0.2, 0.25) is 0 Å². The summed E-state index contributed by atoms with van der Waals surface area (Å²) in [5.74, 6) is 0.500. The average Bonchev–Trinajstić information content (AvgIpc) is 3.52. The highest BCUT2D eigenvalue weighted by Gasteiger charge is 2.24. The minimum Gasteiger partial charge on any atom is -0.483 e. The highest BCUT2D eigenvalue weighted by Crippen LogP contribution is 2.39. The predicted octanol–water partition coefficient (Wildman–Crippen LogP) is 4.69. The fourth-order valence-corrected chi connectivity index (χ4v) is 6.09. The Hall–Kier alpha value is -3.97. The van der Waals surface area contributed by atoms with Gasteiger partial charge in [-0.15, -0.1) is 0 Å². The monoisotopic (exact) mass is 508 g/mol. The van der Waals surface area contributed by atoms with Crippen molar-refractivity contribution < 1.29 is 9.53 Å². The summed E-state index contributed by atoms with van der Waals surface area (Å²) in [6.45, 7) is 10.9. The van der Waals surface area contributed by atoms with E-state index in [1.807, 2.05) is 49.4 Å². The number of allylic oxidation sites excluding steroid dienone is 1. The van der Waals surface area contributed by atoms with Crippen molar-refractivity contribution in [1.82, 2.24) is 19.6 Å². The Bertz CT molecular complexity index is 1760. The molecule has 1 N–H and O–H groups in total. The number of pyridine rings is 2. The number of likely N-dealkylation sites (tertiary alicyclic amines) is 1. The van der Waals surface area contributed by atoms with Crippen molar-refractivity contribution in [3.05, 3.63) is 76.7 Å². The average molecular weight is 509 g/mol. The zero-order chi connectivity index (χ0) is 26.4. The van der Waals surface area contributed by atoms with Crippen LogP contribution in [0, 0.1) is 0 Å². The summed E-state index contributed by atoms with van der Waals surface area (Å²) in [6, 6.07) is 13.7. The molecule has 5 aromatic rings. The van der Waals surface area contributed by atoms with E-state index in [4.69, 9.17) is 4.74 Å². The van der Waals surface area contributed by atoms with Crippen molar-refractivity contribution in [2.45, 2.75) is 39.2 Å². The molecule has 0 radical (unpaired) electrons. The Balaban J connectivity index is 1.41. The number of carbonyl (C=O) groups excluding carboxylic acids is 1. The molecule has 1 aliphatic heterocycles. The summed E-state index contributed by atoms with van der Waals surface area (Å²) in [5.41, 5.74) is 4.24. The van der Waals surface area contributed by atoms with Crippen LogP contribution < -0.4 is 15.6 Å². The van der Waals surface area contributed by atoms with Gasteiger partial charge in [0.05, 0.1) is 16.6 Å². The second kappa shape index (κ2) is 9.72. The zero-order valence-electron chi connectivity index (χ0n) is 21.9. The van der Waals surface area contributed by atoms with Gasteiger partial charge in [-0.2, -0.15) is 0 Å². The molecule has 2 aromatic carbocycles. The molecule has 0 bridgehead atoms. The van der Waals surface area contributed by atoms with E-state index in [-0.39, 0.29) is 18.1 Å². The van der Waals surface area contributed by atoms with Gasteiger partial charge in [0.15, 0.2) is 6.61 Å². The first-order chi connectivity index (χ1) is 18.5. The highest BCUT2D eigenvalue weighted by molar-refractivity contribution is 6.19. The Morgan fingerprint density at radius 3 is 2.76 bits per heavy atom. The second-order valence-corrected chi connectivity index (χ2v) is 10.3. The fraction of sp³-hybridized carbons (Fsp3) is 0.323. The summed E-state index contributed by atoms with van der Waals surface area (Å²) >= 11 is 0. The molecule has 38 heavy (non-hydrogen) atoms. The summed E-state index contributed by atoms with van der Waals surface area (Å²) in [6.07, 6.45) is 4.65. The third-order valence-electron chi connectivity index (χ3n) is 7.80. The van der Waals surface area contributed by atoms with Crippen LogP contribution in [0.4, 0.5) is 0 Å². The lowest BCUT2D eigenvalue weighted by Crippen LogP contribution is -2.41. The van der Waals surface area contributed by atoms with E-state index in [1.54, 1.807) is 10.6 Å². The number of fused-ring (bicyclic) bond motifs is 5. The maximum absolute atomic E-state index is 13.7. The minimum atomic E-state index is -0.133. The number of likely N-dealkylation sites (N-methyl/N-ethyl adjacent to an activating group) is 1. The standard InChI is InChI=1S/C31H32N4O3/c1-4-34-15-7-8-20(34)17-33-27(36)18-38-26-12-11-25-28(24(26)16-19(2)3)23-13-14-32-29-21-9-5-6-10-22(21)31(37)35(25)30(23)29/h5-6,9-14,20H,2,4,7-8,15-18H2,1,3H3,(H,33,36). The third-order valence-corrected chi connectivity index (χ3v) is 7.80. The van der Waals surface area contributed by atoms with E-state index < -0.39 is 0 Å². The Labute approximate surface area is 221 Å². The van der Waals surface area contributed by atoms with Crippen LogP contribution in [-0.4, -0.2) is 52.5 Å². The van der Waals surface area contributed by atoms with Crippen LogP contribution >= 0.6 is 0 Å². The van der Waals surface area contributed by atoms with Crippen LogP contribution in [0.15, 0.2) is 65.6 Å². The van der Waals surface area contributed by atoms with Crippen molar-refractivity contribution in [3.63, 3.8) is 0 Å². The first-order valence-corrected chi connectivity index (χ1v) is 13.3. The van der Waals surface area contributed by atoms with Gasteiger partial charge in [0.2, 0.25) is 0 Å². The lowest BCUT2D eigenvalue weighted by atomic mass is 9.99. The summed E-state index contributed by atoms with van der Waals surface area (Å²) in [4.78, 5) is 33.5. The van der Waals surface area contributed by atoms with Crippen molar-refractivity contribution in [2.75, 3.05) is 26.2 Å². The maximum atomic E-state index is 13.7. The lowest BCUT2D eigenvalue weighted by molar-refractivity contribution is -0.123. The molecule has 1 amide bonds. The number of rotatable bonds is 8. The van der Waals surface area contributed by atoms with E-state index in [1.165, 1.54) is 6.42 Å². The van der Waals surface area contributed by atoms with Crippen molar-refractivity contribution in [2.24, 2.45) is 0 Å². The van der Waals surface area contributed by atoms with Gasteiger partial charge in [-0.1, -0.05) is 37.3 Å². The first-order valence-electron chi connectivity index (χ1n) is 13.3. The molecule has 0 spiro atoms. The summed E-state index contributed by atoms with van der Waals surface area (Å²) < 4.78 is 7.90. The van der Waals surface area contributed by atoms with Gasteiger partial charge in [-0.3, -0.25) is 23.9 Å². The SMILES string of the molecule is C=C(C)Cc1c(OCC(=O)NCC2CCCN2CC)ccc2c1c1ccnc3c4ccccc4c(=O)n2c13. The number of nitrogens with zero attached hydrogens (tertiary/aromatic N) is 3. The number of nitrogens with one attached hydrogen (secondary N) is 1. The van der Waals surface area contributed by atoms with Gasteiger partial charge in [0, 0.05) is 45.9 Å². The van der Waals surface area contributed by atoms with E-state index in [2.05, 4.69) is 28.7 Å². The van der Waals surface area contributed by atoms with E-state index in [9.17, 15) is 9.59 Å². The molecule has 1 saturated heterocycles. The molecule has 7 nitrogen and oxygen atoms in total. The third kappa shape index (κ3) is 3.98. The first kappa shape index (κ1) is 24.4. The van der Waals surface area contributed by atoms with Crippen molar-refractivity contribution in [1.29, 1.82) is 0 Å². The summed E-state index contributed by atoms with van der Waals surface area (Å²) in [7, 11) is 0. The topological polar surface area (TPSA) is 75.9 Å².